The van der Waals surface area contributed by atoms with Crippen molar-refractivity contribution in [2.45, 2.75) is 39.5 Å². The smallest absolute Gasteiger partial charge is 0.275 e. The van der Waals surface area contributed by atoms with Gasteiger partial charge < -0.3 is 4.90 Å². The molecule has 1 saturated heterocycles. The maximum Gasteiger partial charge on any atom is 0.275 e. The van der Waals surface area contributed by atoms with Crippen LogP contribution in [-0.2, 0) is 10.0 Å². The average Bonchev–Trinajstić information content (AvgIpc) is 3.20. The molecule has 2 aromatic carbocycles. The maximum atomic E-state index is 13.5. The quantitative estimate of drug-likeness (QED) is 0.677. The van der Waals surface area contributed by atoms with Crippen molar-refractivity contribution in [3.05, 3.63) is 57.8 Å². The minimum absolute atomic E-state index is 0.177. The van der Waals surface area contributed by atoms with E-state index in [0.29, 0.717) is 23.7 Å². The molecule has 1 amide bonds. The summed E-state index contributed by atoms with van der Waals surface area (Å²) in [5.41, 5.74) is 5.97. The fraction of sp³-hybridized carbons (Fsp3) is 0.391. The summed E-state index contributed by atoms with van der Waals surface area (Å²) < 4.78 is 28.6. The van der Waals surface area contributed by atoms with Crippen LogP contribution < -0.4 is 0 Å². The van der Waals surface area contributed by atoms with Gasteiger partial charge in [0.1, 0.15) is 0 Å². The van der Waals surface area contributed by atoms with Crippen LogP contribution in [0.5, 0.6) is 0 Å². The molecule has 1 fully saturated rings. The Morgan fingerprint density at radius 2 is 1.42 bits per heavy atom. The number of nitrogens with zero attached hydrogens (tertiary/aromatic N) is 3. The van der Waals surface area contributed by atoms with Gasteiger partial charge in [-0.2, -0.15) is 9.40 Å². The van der Waals surface area contributed by atoms with Gasteiger partial charge in [0.25, 0.3) is 5.91 Å². The number of hydrogen-bond acceptors (Lipinski definition) is 4. The lowest BCUT2D eigenvalue weighted by molar-refractivity contribution is 0.0694. The normalized spacial score (nSPS) is 15.6. The van der Waals surface area contributed by atoms with E-state index in [1.165, 1.54) is 4.31 Å². The number of aromatic nitrogens is 2. The zero-order valence-corrected chi connectivity index (χ0v) is 19.4. The second-order valence-electron chi connectivity index (χ2n) is 8.27. The average molecular weight is 441 g/mol. The number of H-pyrrole nitrogens is 1. The fourth-order valence-electron chi connectivity index (χ4n) is 4.39. The number of hydrogen-bond donors (Lipinski definition) is 1. The van der Waals surface area contributed by atoms with Crippen molar-refractivity contribution in [1.29, 1.82) is 0 Å². The molecule has 3 aromatic rings. The van der Waals surface area contributed by atoms with Gasteiger partial charge in [0, 0.05) is 31.6 Å². The molecule has 4 rings (SSSR count). The number of rotatable bonds is 3. The molecule has 0 spiro atoms. The summed E-state index contributed by atoms with van der Waals surface area (Å²) in [6.45, 7) is 10.9. The van der Waals surface area contributed by atoms with E-state index in [4.69, 9.17) is 0 Å². The van der Waals surface area contributed by atoms with Gasteiger partial charge in [-0.05, 0) is 68.5 Å². The number of sulfonamides is 1. The first-order chi connectivity index (χ1) is 14.6. The van der Waals surface area contributed by atoms with Gasteiger partial charge in [0.05, 0.1) is 10.4 Å². The topological polar surface area (TPSA) is 86.4 Å². The number of piperazine rings is 1. The third-order valence-corrected chi connectivity index (χ3v) is 8.90. The number of carbonyl (C=O) groups is 1. The molecule has 7 nitrogen and oxygen atoms in total. The van der Waals surface area contributed by atoms with Gasteiger partial charge in [-0.3, -0.25) is 9.89 Å². The standard InChI is InChI=1S/C23H28N4O3S/c1-14-15(2)17(4)22(18(5)16(14)3)31(29,30)27-12-10-26(11-13-27)23(28)21-19-8-6-7-9-20(19)24-25-21/h6-9H,10-13H2,1-5H3,(H,24,25). The van der Waals surface area contributed by atoms with E-state index in [1.54, 1.807) is 4.90 Å². The van der Waals surface area contributed by atoms with E-state index in [2.05, 4.69) is 10.2 Å². The first-order valence-electron chi connectivity index (χ1n) is 10.4. The van der Waals surface area contributed by atoms with E-state index < -0.39 is 10.0 Å². The van der Waals surface area contributed by atoms with Crippen LogP contribution in [0.2, 0.25) is 0 Å². The van der Waals surface area contributed by atoms with Crippen LogP contribution in [0.25, 0.3) is 10.9 Å². The third-order valence-electron chi connectivity index (χ3n) is 6.73. The molecule has 1 aliphatic rings. The van der Waals surface area contributed by atoms with E-state index in [1.807, 2.05) is 58.9 Å². The van der Waals surface area contributed by atoms with Crippen LogP contribution in [0.15, 0.2) is 29.2 Å². The molecule has 0 bridgehead atoms. The fourth-order valence-corrected chi connectivity index (χ4v) is 6.37. The summed E-state index contributed by atoms with van der Waals surface area (Å²) >= 11 is 0. The third kappa shape index (κ3) is 3.43. The molecule has 31 heavy (non-hydrogen) atoms. The molecule has 0 unspecified atom stereocenters. The number of nitrogens with one attached hydrogen (secondary N) is 1. The van der Waals surface area contributed by atoms with Gasteiger partial charge in [0.15, 0.2) is 5.69 Å². The molecule has 8 heteroatoms. The number of para-hydroxylation sites is 1. The second-order valence-corrected chi connectivity index (χ2v) is 10.1. The van der Waals surface area contributed by atoms with Crippen molar-refractivity contribution in [1.82, 2.24) is 19.4 Å². The lowest BCUT2D eigenvalue weighted by Gasteiger charge is -2.34. The Kier molecular flexibility index (Phi) is 5.39. The maximum absolute atomic E-state index is 13.5. The first-order valence-corrected chi connectivity index (χ1v) is 11.9. The highest BCUT2D eigenvalue weighted by Crippen LogP contribution is 2.32. The van der Waals surface area contributed by atoms with E-state index in [-0.39, 0.29) is 19.0 Å². The van der Waals surface area contributed by atoms with Gasteiger partial charge >= 0.3 is 0 Å². The van der Waals surface area contributed by atoms with Gasteiger partial charge in [-0.15, -0.1) is 0 Å². The number of carbonyl (C=O) groups excluding carboxylic acids is 1. The first kappa shape index (κ1) is 21.5. The lowest BCUT2D eigenvalue weighted by Crippen LogP contribution is -2.50. The Morgan fingerprint density at radius 1 is 0.871 bits per heavy atom. The Balaban J connectivity index is 1.57. The molecule has 164 valence electrons. The van der Waals surface area contributed by atoms with Crippen molar-refractivity contribution in [3.63, 3.8) is 0 Å². The van der Waals surface area contributed by atoms with Gasteiger partial charge in [-0.25, -0.2) is 8.42 Å². The Morgan fingerprint density at radius 3 is 2.03 bits per heavy atom. The minimum Gasteiger partial charge on any atom is -0.335 e. The summed E-state index contributed by atoms with van der Waals surface area (Å²) in [5.74, 6) is -0.177. The van der Waals surface area contributed by atoms with Crippen LogP contribution in [0.1, 0.15) is 38.3 Å². The molecule has 1 aromatic heterocycles. The van der Waals surface area contributed by atoms with Crippen molar-refractivity contribution in [2.75, 3.05) is 26.2 Å². The second kappa shape index (κ2) is 7.76. The lowest BCUT2D eigenvalue weighted by atomic mass is 9.95. The molecule has 0 radical (unpaired) electrons. The van der Waals surface area contributed by atoms with Gasteiger partial charge in [-0.1, -0.05) is 18.2 Å². The van der Waals surface area contributed by atoms with Crippen LogP contribution in [-0.4, -0.2) is 59.9 Å². The van der Waals surface area contributed by atoms with Crippen molar-refractivity contribution in [3.8, 4) is 0 Å². The molecule has 0 atom stereocenters. The van der Waals surface area contributed by atoms with Crippen LogP contribution >= 0.6 is 0 Å². The molecule has 0 aliphatic carbocycles. The predicted octanol–water partition coefficient (Wildman–Crippen LogP) is 3.25. The van der Waals surface area contributed by atoms with E-state index in [0.717, 1.165) is 38.7 Å². The van der Waals surface area contributed by atoms with Crippen LogP contribution in [0, 0.1) is 34.6 Å². The zero-order chi connectivity index (χ0) is 22.5. The van der Waals surface area contributed by atoms with Gasteiger partial charge in [0.2, 0.25) is 10.0 Å². The largest absolute Gasteiger partial charge is 0.335 e. The molecular formula is C23H28N4O3S. The van der Waals surface area contributed by atoms with Crippen molar-refractivity contribution >= 4 is 26.8 Å². The molecule has 2 heterocycles. The zero-order valence-electron chi connectivity index (χ0n) is 18.6. The van der Waals surface area contributed by atoms with Crippen molar-refractivity contribution in [2.24, 2.45) is 0 Å². The molecular weight excluding hydrogens is 412 g/mol. The summed E-state index contributed by atoms with van der Waals surface area (Å²) in [6, 6.07) is 7.49. The number of fused-ring (bicyclic) bond motifs is 1. The van der Waals surface area contributed by atoms with Crippen molar-refractivity contribution < 1.29 is 13.2 Å². The Bertz CT molecular complexity index is 1260. The molecule has 1 aliphatic heterocycles. The summed E-state index contributed by atoms with van der Waals surface area (Å²) in [6.07, 6.45) is 0. The minimum atomic E-state index is -3.65. The van der Waals surface area contributed by atoms with E-state index >= 15 is 0 Å². The highest BCUT2D eigenvalue weighted by atomic mass is 32.2. The summed E-state index contributed by atoms with van der Waals surface area (Å²) in [5, 5.41) is 7.85. The highest BCUT2D eigenvalue weighted by Gasteiger charge is 2.34. The number of aromatic amines is 1. The SMILES string of the molecule is Cc1c(C)c(C)c(S(=O)(=O)N2CCN(C(=O)c3n[nH]c4ccccc34)CC2)c(C)c1C. The monoisotopic (exact) mass is 440 g/mol. The number of benzene rings is 2. The Hall–Kier alpha value is -2.71. The van der Waals surface area contributed by atoms with Crippen LogP contribution in [0.4, 0.5) is 0 Å². The highest BCUT2D eigenvalue weighted by molar-refractivity contribution is 7.89. The summed E-state index contributed by atoms with van der Waals surface area (Å²) in [4.78, 5) is 15.1. The summed E-state index contributed by atoms with van der Waals surface area (Å²) in [7, 11) is -3.65. The Labute approximate surface area is 183 Å². The molecule has 1 N–H and O–H groups in total. The number of amides is 1. The van der Waals surface area contributed by atoms with Crippen LogP contribution in [0.3, 0.4) is 0 Å². The molecule has 0 saturated carbocycles. The van der Waals surface area contributed by atoms with E-state index in [9.17, 15) is 13.2 Å². The predicted molar refractivity (Wildman–Crippen MR) is 121 cm³/mol.